The largest absolute Gasteiger partial charge is 0.494 e. The molecule has 6 heteroatoms. The first-order chi connectivity index (χ1) is 10.4. The van der Waals surface area contributed by atoms with Crippen molar-refractivity contribution in [1.29, 1.82) is 0 Å². The monoisotopic (exact) mass is 309 g/mol. The van der Waals surface area contributed by atoms with Crippen LogP contribution in [-0.2, 0) is 9.59 Å². The second kappa shape index (κ2) is 8.92. The Labute approximate surface area is 130 Å². The number of carboxylic acids is 1. The molecule has 1 aromatic carbocycles. The minimum atomic E-state index is -1.04. The number of carbonyl (C=O) groups is 2. The fraction of sp³-hybridized carbons (Fsp3) is 0.500. The fourth-order valence-electron chi connectivity index (χ4n) is 1.88. The van der Waals surface area contributed by atoms with Crippen LogP contribution >= 0.6 is 0 Å². The molecule has 0 saturated carbocycles. The predicted molar refractivity (Wildman–Crippen MR) is 82.1 cm³/mol. The Balaban J connectivity index is 2.45. The van der Waals surface area contributed by atoms with E-state index in [-0.39, 0.29) is 12.5 Å². The van der Waals surface area contributed by atoms with E-state index in [1.165, 1.54) is 0 Å². The summed E-state index contributed by atoms with van der Waals surface area (Å²) in [5, 5.41) is 11.5. The van der Waals surface area contributed by atoms with E-state index in [1.807, 2.05) is 20.8 Å². The van der Waals surface area contributed by atoms with Crippen LogP contribution in [0.2, 0.25) is 0 Å². The van der Waals surface area contributed by atoms with Gasteiger partial charge in [-0.15, -0.1) is 0 Å². The van der Waals surface area contributed by atoms with Gasteiger partial charge in [0.1, 0.15) is 17.5 Å². The van der Waals surface area contributed by atoms with E-state index in [0.717, 1.165) is 5.75 Å². The Kier molecular flexibility index (Phi) is 7.22. The number of nitrogens with one attached hydrogen (secondary N) is 1. The Morgan fingerprint density at radius 3 is 2.14 bits per heavy atom. The van der Waals surface area contributed by atoms with Crippen LogP contribution in [0.1, 0.15) is 27.2 Å². The molecule has 1 amide bonds. The van der Waals surface area contributed by atoms with Crippen LogP contribution in [-0.4, -0.2) is 36.2 Å². The van der Waals surface area contributed by atoms with Gasteiger partial charge >= 0.3 is 5.97 Å². The van der Waals surface area contributed by atoms with Gasteiger partial charge in [0.05, 0.1) is 6.61 Å². The number of carbonyl (C=O) groups excluding carboxylic acids is 1. The summed E-state index contributed by atoms with van der Waals surface area (Å²) in [6, 6.07) is 5.99. The molecule has 22 heavy (non-hydrogen) atoms. The van der Waals surface area contributed by atoms with E-state index in [4.69, 9.17) is 14.6 Å². The van der Waals surface area contributed by atoms with Crippen LogP contribution in [0.5, 0.6) is 11.5 Å². The van der Waals surface area contributed by atoms with Crippen molar-refractivity contribution in [3.8, 4) is 11.5 Å². The molecule has 0 radical (unpaired) electrons. The Morgan fingerprint density at radius 1 is 1.14 bits per heavy atom. The Hall–Kier alpha value is -2.24. The minimum absolute atomic E-state index is 0.174. The number of aliphatic carboxylic acids is 1. The van der Waals surface area contributed by atoms with Crippen LogP contribution in [0.4, 0.5) is 0 Å². The fourth-order valence-corrected chi connectivity index (χ4v) is 1.88. The van der Waals surface area contributed by atoms with Gasteiger partial charge in [0.2, 0.25) is 0 Å². The molecule has 0 fully saturated rings. The molecule has 0 spiro atoms. The van der Waals surface area contributed by atoms with E-state index in [2.05, 4.69) is 5.32 Å². The lowest BCUT2D eigenvalue weighted by Crippen LogP contribution is -2.43. The van der Waals surface area contributed by atoms with Crippen molar-refractivity contribution in [1.82, 2.24) is 5.32 Å². The molecule has 0 aliphatic rings. The van der Waals surface area contributed by atoms with Gasteiger partial charge in [0.25, 0.3) is 5.91 Å². The second-order valence-corrected chi connectivity index (χ2v) is 5.28. The SMILES string of the molecule is CCOc1ccc(OCC(=O)N[C@@H](CC(C)C)C(=O)O)cc1. The maximum atomic E-state index is 11.8. The van der Waals surface area contributed by atoms with Crippen molar-refractivity contribution in [2.75, 3.05) is 13.2 Å². The third-order valence-electron chi connectivity index (χ3n) is 2.85. The molecule has 6 nitrogen and oxygen atoms in total. The second-order valence-electron chi connectivity index (χ2n) is 5.28. The molecule has 0 aromatic heterocycles. The molecular formula is C16H23NO5. The molecule has 0 aliphatic carbocycles. The highest BCUT2D eigenvalue weighted by Crippen LogP contribution is 2.17. The average molecular weight is 309 g/mol. The first-order valence-corrected chi connectivity index (χ1v) is 7.30. The van der Waals surface area contributed by atoms with E-state index < -0.39 is 17.9 Å². The van der Waals surface area contributed by atoms with Gasteiger partial charge in [-0.05, 0) is 43.5 Å². The number of amides is 1. The molecule has 2 N–H and O–H groups in total. The summed E-state index contributed by atoms with van der Waals surface area (Å²) in [7, 11) is 0. The zero-order valence-electron chi connectivity index (χ0n) is 13.2. The lowest BCUT2D eigenvalue weighted by molar-refractivity contribution is -0.142. The van der Waals surface area contributed by atoms with Gasteiger partial charge in [-0.25, -0.2) is 4.79 Å². The molecule has 0 saturated heterocycles. The minimum Gasteiger partial charge on any atom is -0.494 e. The zero-order chi connectivity index (χ0) is 16.5. The molecule has 0 aliphatic heterocycles. The summed E-state index contributed by atoms with van der Waals surface area (Å²) in [6.45, 7) is 6.05. The number of hydrogen-bond acceptors (Lipinski definition) is 4. The molecule has 0 unspecified atom stereocenters. The topological polar surface area (TPSA) is 84.9 Å². The normalized spacial score (nSPS) is 11.8. The number of benzene rings is 1. The van der Waals surface area contributed by atoms with Crippen LogP contribution < -0.4 is 14.8 Å². The zero-order valence-corrected chi connectivity index (χ0v) is 13.2. The lowest BCUT2D eigenvalue weighted by Gasteiger charge is -2.16. The van der Waals surface area contributed by atoms with E-state index >= 15 is 0 Å². The van der Waals surface area contributed by atoms with E-state index in [1.54, 1.807) is 24.3 Å². The summed E-state index contributed by atoms with van der Waals surface area (Å²) in [6.07, 6.45) is 0.379. The summed E-state index contributed by atoms with van der Waals surface area (Å²) < 4.78 is 10.6. The quantitative estimate of drug-likeness (QED) is 0.729. The van der Waals surface area contributed by atoms with Gasteiger partial charge < -0.3 is 19.9 Å². The van der Waals surface area contributed by atoms with Crippen molar-refractivity contribution < 1.29 is 24.2 Å². The first kappa shape index (κ1) is 17.8. The van der Waals surface area contributed by atoms with E-state index in [0.29, 0.717) is 18.8 Å². The molecule has 0 heterocycles. The van der Waals surface area contributed by atoms with Gasteiger partial charge in [0, 0.05) is 0 Å². The maximum absolute atomic E-state index is 11.8. The van der Waals surface area contributed by atoms with Crippen molar-refractivity contribution in [3.63, 3.8) is 0 Å². The Morgan fingerprint density at radius 2 is 1.68 bits per heavy atom. The molecule has 1 rings (SSSR count). The summed E-state index contributed by atoms with van der Waals surface area (Å²) in [5.41, 5.74) is 0. The molecule has 1 aromatic rings. The summed E-state index contributed by atoms with van der Waals surface area (Å²) >= 11 is 0. The highest BCUT2D eigenvalue weighted by atomic mass is 16.5. The number of hydrogen-bond donors (Lipinski definition) is 2. The average Bonchev–Trinajstić information content (AvgIpc) is 2.45. The number of ether oxygens (including phenoxy) is 2. The Bertz CT molecular complexity index is 484. The highest BCUT2D eigenvalue weighted by molar-refractivity contribution is 5.84. The smallest absolute Gasteiger partial charge is 0.326 e. The van der Waals surface area contributed by atoms with Crippen LogP contribution in [0.15, 0.2) is 24.3 Å². The van der Waals surface area contributed by atoms with E-state index in [9.17, 15) is 9.59 Å². The standard InChI is InChI=1S/C16H23NO5/c1-4-21-12-5-7-13(8-6-12)22-10-15(18)17-14(16(19)20)9-11(2)3/h5-8,11,14H,4,9-10H2,1-3H3,(H,17,18)(H,19,20)/t14-/m0/s1. The first-order valence-electron chi connectivity index (χ1n) is 7.30. The van der Waals surface area contributed by atoms with Crippen LogP contribution in [0, 0.1) is 5.92 Å². The van der Waals surface area contributed by atoms with Crippen molar-refractivity contribution in [3.05, 3.63) is 24.3 Å². The van der Waals surface area contributed by atoms with Gasteiger partial charge in [-0.3, -0.25) is 4.79 Å². The molecule has 0 bridgehead atoms. The van der Waals surface area contributed by atoms with Crippen molar-refractivity contribution >= 4 is 11.9 Å². The van der Waals surface area contributed by atoms with Crippen LogP contribution in [0.3, 0.4) is 0 Å². The van der Waals surface area contributed by atoms with Crippen molar-refractivity contribution in [2.45, 2.75) is 33.2 Å². The highest BCUT2D eigenvalue weighted by Gasteiger charge is 2.21. The van der Waals surface area contributed by atoms with Crippen molar-refractivity contribution in [2.24, 2.45) is 5.92 Å². The van der Waals surface area contributed by atoms with Gasteiger partial charge in [-0.1, -0.05) is 13.8 Å². The third-order valence-corrected chi connectivity index (χ3v) is 2.85. The predicted octanol–water partition coefficient (Wildman–Crippen LogP) is 2.08. The number of carboxylic acid groups (broad SMARTS) is 1. The summed E-state index contributed by atoms with van der Waals surface area (Å²) in [4.78, 5) is 22.8. The lowest BCUT2D eigenvalue weighted by atomic mass is 10.0. The van der Waals surface area contributed by atoms with Gasteiger partial charge in [0.15, 0.2) is 6.61 Å². The summed E-state index contributed by atoms with van der Waals surface area (Å²) in [5.74, 6) is -0.0741. The van der Waals surface area contributed by atoms with Gasteiger partial charge in [-0.2, -0.15) is 0 Å². The van der Waals surface area contributed by atoms with Crippen LogP contribution in [0.25, 0.3) is 0 Å². The molecule has 1 atom stereocenters. The number of rotatable bonds is 9. The molecule has 122 valence electrons. The maximum Gasteiger partial charge on any atom is 0.326 e. The third kappa shape index (κ3) is 6.47. The molecular weight excluding hydrogens is 286 g/mol.